The van der Waals surface area contributed by atoms with E-state index >= 15 is 0 Å². The molecule has 1 aromatic carbocycles. The number of rotatable bonds is 5. The second kappa shape index (κ2) is 7.28. The van der Waals surface area contributed by atoms with Crippen LogP contribution < -0.4 is 15.0 Å². The standard InChI is InChI=1S/C19H16N4O4/c24-18-12-26-16-4-2-1-3-15(16)23(18)10-17-22-14(11-27-17)19(25)21-9-13-5-7-20-8-6-13/h1-8,11H,9-10,12H2,(H,21,25). The first-order valence-corrected chi connectivity index (χ1v) is 8.34. The molecule has 0 bridgehead atoms. The molecule has 0 atom stereocenters. The van der Waals surface area contributed by atoms with Gasteiger partial charge >= 0.3 is 0 Å². The first kappa shape index (κ1) is 16.8. The minimum atomic E-state index is -0.351. The Labute approximate surface area is 154 Å². The highest BCUT2D eigenvalue weighted by Gasteiger charge is 2.27. The van der Waals surface area contributed by atoms with Crippen molar-refractivity contribution >= 4 is 17.5 Å². The summed E-state index contributed by atoms with van der Waals surface area (Å²) in [6, 6.07) is 10.9. The summed E-state index contributed by atoms with van der Waals surface area (Å²) in [5, 5.41) is 2.77. The fourth-order valence-electron chi connectivity index (χ4n) is 2.72. The highest BCUT2D eigenvalue weighted by molar-refractivity contribution is 5.97. The number of pyridine rings is 1. The number of benzene rings is 1. The van der Waals surface area contributed by atoms with E-state index in [0.717, 1.165) is 5.56 Å². The molecule has 1 aliphatic rings. The highest BCUT2D eigenvalue weighted by atomic mass is 16.5. The summed E-state index contributed by atoms with van der Waals surface area (Å²) < 4.78 is 10.8. The number of fused-ring (bicyclic) bond motifs is 1. The molecule has 0 saturated carbocycles. The minimum Gasteiger partial charge on any atom is -0.482 e. The van der Waals surface area contributed by atoms with Crippen LogP contribution in [0.4, 0.5) is 5.69 Å². The molecule has 0 fully saturated rings. The van der Waals surface area contributed by atoms with Crippen LogP contribution in [0.3, 0.4) is 0 Å². The molecule has 2 amide bonds. The summed E-state index contributed by atoms with van der Waals surface area (Å²) in [7, 11) is 0. The molecular formula is C19H16N4O4. The third kappa shape index (κ3) is 3.64. The fourth-order valence-corrected chi connectivity index (χ4v) is 2.72. The van der Waals surface area contributed by atoms with Crippen LogP contribution in [-0.4, -0.2) is 28.4 Å². The monoisotopic (exact) mass is 364 g/mol. The Kier molecular flexibility index (Phi) is 4.52. The zero-order chi connectivity index (χ0) is 18.6. The summed E-state index contributed by atoms with van der Waals surface area (Å²) in [5.74, 6) is 0.346. The van der Waals surface area contributed by atoms with Crippen molar-refractivity contribution in [3.8, 4) is 5.75 Å². The van der Waals surface area contributed by atoms with Gasteiger partial charge in [0.1, 0.15) is 18.6 Å². The number of hydrogen-bond donors (Lipinski definition) is 1. The van der Waals surface area contributed by atoms with E-state index in [0.29, 0.717) is 18.0 Å². The smallest absolute Gasteiger partial charge is 0.273 e. The van der Waals surface area contributed by atoms with Gasteiger partial charge in [-0.25, -0.2) is 4.98 Å². The Morgan fingerprint density at radius 2 is 2.00 bits per heavy atom. The number of ether oxygens (including phenoxy) is 1. The molecule has 3 heterocycles. The fraction of sp³-hybridized carbons (Fsp3) is 0.158. The van der Waals surface area contributed by atoms with Crippen molar-refractivity contribution in [1.29, 1.82) is 0 Å². The topological polar surface area (TPSA) is 97.6 Å². The van der Waals surface area contributed by atoms with Crippen LogP contribution in [0.15, 0.2) is 59.5 Å². The van der Waals surface area contributed by atoms with Gasteiger partial charge in [-0.15, -0.1) is 0 Å². The maximum absolute atomic E-state index is 12.2. The predicted octanol–water partition coefficient (Wildman–Crippen LogP) is 1.93. The van der Waals surface area contributed by atoms with E-state index in [-0.39, 0.29) is 36.6 Å². The Balaban J connectivity index is 1.44. The first-order valence-electron chi connectivity index (χ1n) is 8.34. The maximum atomic E-state index is 12.2. The third-order valence-electron chi connectivity index (χ3n) is 4.09. The second-order valence-corrected chi connectivity index (χ2v) is 5.90. The Hall–Kier alpha value is -3.68. The molecule has 4 rings (SSSR count). The average Bonchev–Trinajstić information content (AvgIpc) is 3.18. The van der Waals surface area contributed by atoms with Crippen LogP contribution in [0.25, 0.3) is 0 Å². The van der Waals surface area contributed by atoms with Crippen molar-refractivity contribution < 1.29 is 18.7 Å². The van der Waals surface area contributed by atoms with Crippen molar-refractivity contribution in [2.45, 2.75) is 13.1 Å². The summed E-state index contributed by atoms with van der Waals surface area (Å²) in [6.07, 6.45) is 4.60. The zero-order valence-electron chi connectivity index (χ0n) is 14.3. The first-order chi connectivity index (χ1) is 13.2. The number of amides is 2. The van der Waals surface area contributed by atoms with Crippen molar-refractivity contribution in [3.05, 3.63) is 72.2 Å². The molecule has 3 aromatic rings. The van der Waals surface area contributed by atoms with E-state index < -0.39 is 0 Å². The number of carbonyl (C=O) groups excluding carboxylic acids is 2. The van der Waals surface area contributed by atoms with Gasteiger partial charge in [0.2, 0.25) is 5.89 Å². The highest BCUT2D eigenvalue weighted by Crippen LogP contribution is 2.32. The van der Waals surface area contributed by atoms with Gasteiger partial charge < -0.3 is 14.5 Å². The minimum absolute atomic E-state index is 0.0446. The van der Waals surface area contributed by atoms with Gasteiger partial charge in [-0.05, 0) is 29.8 Å². The average molecular weight is 364 g/mol. The van der Waals surface area contributed by atoms with Crippen molar-refractivity contribution in [2.24, 2.45) is 0 Å². The molecule has 2 aromatic heterocycles. The molecule has 1 N–H and O–H groups in total. The quantitative estimate of drug-likeness (QED) is 0.743. The molecule has 0 aliphatic carbocycles. The van der Waals surface area contributed by atoms with Crippen LogP contribution >= 0.6 is 0 Å². The SMILES string of the molecule is O=C(NCc1ccncc1)c1coc(CN2C(=O)COc3ccccc32)n1. The van der Waals surface area contributed by atoms with Gasteiger partial charge in [0.05, 0.1) is 5.69 Å². The lowest BCUT2D eigenvalue weighted by Gasteiger charge is -2.28. The van der Waals surface area contributed by atoms with Gasteiger partial charge in [0, 0.05) is 18.9 Å². The molecular weight excluding hydrogens is 348 g/mol. The van der Waals surface area contributed by atoms with Crippen LogP contribution in [-0.2, 0) is 17.9 Å². The summed E-state index contributed by atoms with van der Waals surface area (Å²) in [6.45, 7) is 0.437. The largest absolute Gasteiger partial charge is 0.482 e. The number of anilines is 1. The molecule has 1 aliphatic heterocycles. The van der Waals surface area contributed by atoms with E-state index in [1.807, 2.05) is 24.3 Å². The Morgan fingerprint density at radius 3 is 2.85 bits per heavy atom. The van der Waals surface area contributed by atoms with Gasteiger partial charge in [0.25, 0.3) is 11.8 Å². The van der Waals surface area contributed by atoms with E-state index in [1.165, 1.54) is 11.2 Å². The predicted molar refractivity (Wildman–Crippen MR) is 95.0 cm³/mol. The molecule has 27 heavy (non-hydrogen) atoms. The molecule has 0 unspecified atom stereocenters. The lowest BCUT2D eigenvalue weighted by Crippen LogP contribution is -2.38. The molecule has 0 saturated heterocycles. The maximum Gasteiger partial charge on any atom is 0.273 e. The van der Waals surface area contributed by atoms with Gasteiger partial charge in [-0.1, -0.05) is 12.1 Å². The van der Waals surface area contributed by atoms with E-state index in [1.54, 1.807) is 24.5 Å². The number of nitrogens with one attached hydrogen (secondary N) is 1. The van der Waals surface area contributed by atoms with Crippen LogP contribution in [0.5, 0.6) is 5.75 Å². The van der Waals surface area contributed by atoms with Crippen LogP contribution in [0.2, 0.25) is 0 Å². The van der Waals surface area contributed by atoms with Crippen molar-refractivity contribution in [3.63, 3.8) is 0 Å². The number of oxazole rings is 1. The summed E-state index contributed by atoms with van der Waals surface area (Å²) in [4.78, 5) is 34.1. The number of aromatic nitrogens is 2. The van der Waals surface area contributed by atoms with Gasteiger partial charge in [-0.3, -0.25) is 19.5 Å². The number of hydrogen-bond acceptors (Lipinski definition) is 6. The Morgan fingerprint density at radius 1 is 1.19 bits per heavy atom. The van der Waals surface area contributed by atoms with E-state index in [2.05, 4.69) is 15.3 Å². The molecule has 8 heteroatoms. The van der Waals surface area contributed by atoms with Gasteiger partial charge in [0.15, 0.2) is 12.3 Å². The zero-order valence-corrected chi connectivity index (χ0v) is 14.3. The second-order valence-electron chi connectivity index (χ2n) is 5.90. The molecule has 0 spiro atoms. The lowest BCUT2D eigenvalue weighted by molar-refractivity contribution is -0.121. The van der Waals surface area contributed by atoms with Gasteiger partial charge in [-0.2, -0.15) is 0 Å². The Bertz CT molecular complexity index is 971. The molecule has 0 radical (unpaired) electrons. The third-order valence-corrected chi connectivity index (χ3v) is 4.09. The number of para-hydroxylation sites is 2. The van der Waals surface area contributed by atoms with E-state index in [4.69, 9.17) is 9.15 Å². The summed E-state index contributed by atoms with van der Waals surface area (Å²) in [5.41, 5.74) is 1.74. The van der Waals surface area contributed by atoms with Crippen molar-refractivity contribution in [1.82, 2.24) is 15.3 Å². The summed E-state index contributed by atoms with van der Waals surface area (Å²) >= 11 is 0. The molecule has 8 nitrogen and oxygen atoms in total. The van der Waals surface area contributed by atoms with E-state index in [9.17, 15) is 9.59 Å². The van der Waals surface area contributed by atoms with Crippen LogP contribution in [0.1, 0.15) is 21.9 Å². The number of nitrogens with zero attached hydrogens (tertiary/aromatic N) is 3. The molecule has 136 valence electrons. The number of carbonyl (C=O) groups is 2. The normalized spacial score (nSPS) is 13.0. The lowest BCUT2D eigenvalue weighted by atomic mass is 10.2. The van der Waals surface area contributed by atoms with Crippen LogP contribution in [0, 0.1) is 0 Å². The van der Waals surface area contributed by atoms with Crippen molar-refractivity contribution in [2.75, 3.05) is 11.5 Å².